The highest BCUT2D eigenvalue weighted by molar-refractivity contribution is 5.94. The van der Waals surface area contributed by atoms with Crippen molar-refractivity contribution >= 4 is 18.3 Å². The molecule has 0 aromatic heterocycles. The Morgan fingerprint density at radius 3 is 2.55 bits per heavy atom. The van der Waals surface area contributed by atoms with Gasteiger partial charge in [-0.2, -0.15) is 0 Å². The molecule has 0 saturated carbocycles. The van der Waals surface area contributed by atoms with Crippen LogP contribution in [0.2, 0.25) is 0 Å². The van der Waals surface area contributed by atoms with Gasteiger partial charge < -0.3 is 10.6 Å². The number of rotatable bonds is 1. The first-order valence-corrected chi connectivity index (χ1v) is 6.31. The minimum absolute atomic E-state index is 0. The average Bonchev–Trinajstić information content (AvgIpc) is 2.35. The number of likely N-dealkylation sites (tertiary alicyclic amines) is 1. The van der Waals surface area contributed by atoms with Gasteiger partial charge in [-0.05, 0) is 30.0 Å². The Hall–Kier alpha value is -1.20. The van der Waals surface area contributed by atoms with E-state index in [0.29, 0.717) is 19.5 Å². The molecule has 0 spiro atoms. The topological polar surface area (TPSA) is 46.3 Å². The number of amides is 1. The van der Waals surface area contributed by atoms with Crippen LogP contribution in [0.4, 0.5) is 8.78 Å². The lowest BCUT2D eigenvalue weighted by atomic mass is 9.79. The normalized spacial score (nSPS) is 21.2. The largest absolute Gasteiger partial charge is 0.338 e. The van der Waals surface area contributed by atoms with Crippen LogP contribution >= 0.6 is 12.4 Å². The SMILES string of the molecule is CC1(C)CN(C(=O)c2ccc(F)c(F)c2)CCC1N.Cl. The smallest absolute Gasteiger partial charge is 0.253 e. The summed E-state index contributed by atoms with van der Waals surface area (Å²) in [6, 6.07) is 3.27. The molecule has 6 heteroatoms. The molecule has 0 aliphatic carbocycles. The molecule has 1 atom stereocenters. The lowest BCUT2D eigenvalue weighted by Gasteiger charge is -2.42. The van der Waals surface area contributed by atoms with Gasteiger partial charge in [-0.1, -0.05) is 13.8 Å². The van der Waals surface area contributed by atoms with E-state index in [0.717, 1.165) is 12.1 Å². The number of nitrogens with zero attached hydrogens (tertiary/aromatic N) is 1. The molecule has 1 heterocycles. The summed E-state index contributed by atoms with van der Waals surface area (Å²) in [6.07, 6.45) is 0.711. The van der Waals surface area contributed by atoms with Gasteiger partial charge in [0.05, 0.1) is 0 Å². The molecule has 1 aliphatic rings. The second-order valence-electron chi connectivity index (χ2n) is 5.74. The summed E-state index contributed by atoms with van der Waals surface area (Å²) in [7, 11) is 0. The van der Waals surface area contributed by atoms with Crippen LogP contribution in [-0.2, 0) is 0 Å². The maximum atomic E-state index is 13.2. The summed E-state index contributed by atoms with van der Waals surface area (Å²) in [6.45, 7) is 5.07. The molecule has 1 aromatic carbocycles. The Balaban J connectivity index is 0.00000200. The van der Waals surface area contributed by atoms with Crippen LogP contribution in [0.15, 0.2) is 18.2 Å². The zero-order valence-corrected chi connectivity index (χ0v) is 12.3. The van der Waals surface area contributed by atoms with Crippen molar-refractivity contribution < 1.29 is 13.6 Å². The molecule has 0 radical (unpaired) electrons. The molecule has 2 N–H and O–H groups in total. The van der Waals surface area contributed by atoms with E-state index in [-0.39, 0.29) is 35.3 Å². The van der Waals surface area contributed by atoms with Gasteiger partial charge in [-0.15, -0.1) is 12.4 Å². The van der Waals surface area contributed by atoms with Crippen LogP contribution < -0.4 is 5.73 Å². The highest BCUT2D eigenvalue weighted by atomic mass is 35.5. The highest BCUT2D eigenvalue weighted by Crippen LogP contribution is 2.28. The molecule has 1 aromatic rings. The third-order valence-electron chi connectivity index (χ3n) is 3.77. The number of benzene rings is 1. The molecule has 1 aliphatic heterocycles. The second kappa shape index (κ2) is 6.06. The number of hydrogen-bond acceptors (Lipinski definition) is 2. The molecule has 3 nitrogen and oxygen atoms in total. The van der Waals surface area contributed by atoms with Gasteiger partial charge >= 0.3 is 0 Å². The Kier molecular flexibility index (Phi) is 5.10. The van der Waals surface area contributed by atoms with E-state index in [9.17, 15) is 13.6 Å². The minimum Gasteiger partial charge on any atom is -0.338 e. The van der Waals surface area contributed by atoms with Crippen LogP contribution in [0.25, 0.3) is 0 Å². The molecule has 112 valence electrons. The molecule has 0 bridgehead atoms. The monoisotopic (exact) mass is 304 g/mol. The second-order valence-corrected chi connectivity index (χ2v) is 5.74. The Morgan fingerprint density at radius 2 is 2.00 bits per heavy atom. The van der Waals surface area contributed by atoms with Crippen LogP contribution in [0, 0.1) is 17.0 Å². The molecule has 2 rings (SSSR count). The van der Waals surface area contributed by atoms with Crippen molar-refractivity contribution in [1.29, 1.82) is 0 Å². The van der Waals surface area contributed by atoms with Crippen LogP contribution in [0.1, 0.15) is 30.6 Å². The maximum absolute atomic E-state index is 13.2. The molecule has 1 unspecified atom stereocenters. The van der Waals surface area contributed by atoms with E-state index in [4.69, 9.17) is 5.73 Å². The van der Waals surface area contributed by atoms with Crippen molar-refractivity contribution in [1.82, 2.24) is 4.90 Å². The highest BCUT2D eigenvalue weighted by Gasteiger charge is 2.35. The van der Waals surface area contributed by atoms with Crippen molar-refractivity contribution in [3.8, 4) is 0 Å². The number of halogens is 3. The van der Waals surface area contributed by atoms with Crippen molar-refractivity contribution in [2.45, 2.75) is 26.3 Å². The predicted octanol–water partition coefficient (Wildman–Crippen LogP) is 2.59. The summed E-state index contributed by atoms with van der Waals surface area (Å²) in [5, 5.41) is 0. The Labute approximate surface area is 123 Å². The standard InChI is InChI=1S/C14H18F2N2O.ClH/c1-14(2)8-18(6-5-12(14)17)13(19)9-3-4-10(15)11(16)7-9;/h3-4,7,12H,5-6,8,17H2,1-2H3;1H. The first kappa shape index (κ1) is 16.9. The van der Waals surface area contributed by atoms with Crippen LogP contribution in [0.5, 0.6) is 0 Å². The van der Waals surface area contributed by atoms with E-state index < -0.39 is 11.6 Å². The van der Waals surface area contributed by atoms with Gasteiger partial charge in [0.2, 0.25) is 0 Å². The van der Waals surface area contributed by atoms with E-state index >= 15 is 0 Å². The number of carbonyl (C=O) groups excluding carboxylic acids is 1. The Bertz CT molecular complexity index is 508. The minimum atomic E-state index is -1.00. The zero-order valence-electron chi connectivity index (χ0n) is 11.5. The van der Waals surface area contributed by atoms with E-state index in [2.05, 4.69) is 0 Å². The van der Waals surface area contributed by atoms with Crippen molar-refractivity contribution in [3.63, 3.8) is 0 Å². The zero-order chi connectivity index (χ0) is 14.2. The van der Waals surface area contributed by atoms with Gasteiger partial charge in [0, 0.05) is 24.7 Å². The van der Waals surface area contributed by atoms with Crippen molar-refractivity contribution in [3.05, 3.63) is 35.4 Å². The molecule has 1 fully saturated rings. The van der Waals surface area contributed by atoms with Gasteiger partial charge in [0.25, 0.3) is 5.91 Å². The van der Waals surface area contributed by atoms with Crippen molar-refractivity contribution in [2.75, 3.05) is 13.1 Å². The number of carbonyl (C=O) groups is 1. The fourth-order valence-corrected chi connectivity index (χ4v) is 2.36. The first-order valence-electron chi connectivity index (χ1n) is 6.31. The molecular formula is C14H19ClF2N2O. The van der Waals surface area contributed by atoms with Crippen LogP contribution in [0.3, 0.4) is 0 Å². The number of nitrogens with two attached hydrogens (primary N) is 1. The average molecular weight is 305 g/mol. The lowest BCUT2D eigenvalue weighted by molar-refractivity contribution is 0.0532. The molecule has 20 heavy (non-hydrogen) atoms. The first-order chi connectivity index (χ1) is 8.81. The Morgan fingerprint density at radius 1 is 1.35 bits per heavy atom. The quantitative estimate of drug-likeness (QED) is 0.867. The summed E-state index contributed by atoms with van der Waals surface area (Å²) in [5.41, 5.74) is 6.01. The van der Waals surface area contributed by atoms with Gasteiger partial charge in [-0.25, -0.2) is 8.78 Å². The van der Waals surface area contributed by atoms with Gasteiger partial charge in [0.15, 0.2) is 11.6 Å². The fraction of sp³-hybridized carbons (Fsp3) is 0.500. The predicted molar refractivity (Wildman–Crippen MR) is 75.9 cm³/mol. The third kappa shape index (κ3) is 3.27. The third-order valence-corrected chi connectivity index (χ3v) is 3.77. The summed E-state index contributed by atoms with van der Waals surface area (Å²) in [5.74, 6) is -2.23. The van der Waals surface area contributed by atoms with Gasteiger partial charge in [0.1, 0.15) is 0 Å². The molecular weight excluding hydrogens is 286 g/mol. The van der Waals surface area contributed by atoms with E-state index in [1.54, 1.807) is 4.90 Å². The fourth-order valence-electron chi connectivity index (χ4n) is 2.36. The summed E-state index contributed by atoms with van der Waals surface area (Å²) >= 11 is 0. The molecule has 1 saturated heterocycles. The summed E-state index contributed by atoms with van der Waals surface area (Å²) in [4.78, 5) is 13.9. The number of hydrogen-bond donors (Lipinski definition) is 1. The van der Waals surface area contributed by atoms with E-state index in [1.807, 2.05) is 13.8 Å². The summed E-state index contributed by atoms with van der Waals surface area (Å²) < 4.78 is 26.0. The number of piperidine rings is 1. The van der Waals surface area contributed by atoms with Gasteiger partial charge in [-0.3, -0.25) is 4.79 Å². The van der Waals surface area contributed by atoms with E-state index in [1.165, 1.54) is 6.07 Å². The van der Waals surface area contributed by atoms with Crippen molar-refractivity contribution in [2.24, 2.45) is 11.1 Å². The maximum Gasteiger partial charge on any atom is 0.253 e. The molecule has 1 amide bonds. The van der Waals surface area contributed by atoms with Crippen LogP contribution in [-0.4, -0.2) is 29.9 Å². The lowest BCUT2D eigenvalue weighted by Crippen LogP contribution is -2.54.